The van der Waals surface area contributed by atoms with Crippen LogP contribution in [0.25, 0.3) is 0 Å². The molecule has 24 heavy (non-hydrogen) atoms. The first kappa shape index (κ1) is 15.0. The van der Waals surface area contributed by atoms with E-state index in [-0.39, 0.29) is 0 Å². The van der Waals surface area contributed by atoms with Crippen LogP contribution in [0.4, 0.5) is 0 Å². The van der Waals surface area contributed by atoms with Gasteiger partial charge in [-0.3, -0.25) is 0 Å². The molecule has 3 aromatic rings. The lowest BCUT2D eigenvalue weighted by molar-refractivity contribution is 0.469. The van der Waals surface area contributed by atoms with E-state index in [0.29, 0.717) is 11.8 Å². The van der Waals surface area contributed by atoms with Gasteiger partial charge < -0.3 is 15.0 Å². The highest BCUT2D eigenvalue weighted by Gasteiger charge is 2.23. The van der Waals surface area contributed by atoms with Gasteiger partial charge in [-0.25, -0.2) is 4.98 Å². The van der Waals surface area contributed by atoms with E-state index in [1.54, 1.807) is 12.3 Å². The molecule has 0 aliphatic heterocycles. The lowest BCUT2D eigenvalue weighted by Gasteiger charge is -2.15. The molecule has 1 heterocycles. The molecule has 2 aromatic carbocycles. The minimum atomic E-state index is 0.324. The smallest absolute Gasteiger partial charge is 0.119 e. The number of nitrogens with zero attached hydrogens (tertiary/aromatic N) is 2. The zero-order valence-corrected chi connectivity index (χ0v) is 13.5. The normalized spacial score (nSPS) is 16.2. The average Bonchev–Trinajstić information content (AvgIpc) is 3.24. The van der Waals surface area contributed by atoms with Crippen LogP contribution in [-0.4, -0.2) is 14.7 Å². The van der Waals surface area contributed by atoms with Crippen molar-refractivity contribution in [3.05, 3.63) is 83.4 Å². The number of nitrogens with one attached hydrogen (secondary N) is 1. The molecule has 4 rings (SSSR count). The number of fused-ring (bicyclic) bond motifs is 1. The van der Waals surface area contributed by atoms with Crippen LogP contribution in [0.15, 0.2) is 61.2 Å². The number of imidazole rings is 1. The van der Waals surface area contributed by atoms with Gasteiger partial charge in [-0.2, -0.15) is 0 Å². The van der Waals surface area contributed by atoms with Gasteiger partial charge in [0.05, 0.1) is 6.33 Å². The van der Waals surface area contributed by atoms with Crippen molar-refractivity contribution in [2.75, 3.05) is 0 Å². The average molecular weight is 319 g/mol. The summed E-state index contributed by atoms with van der Waals surface area (Å²) in [4.78, 5) is 4.09. The van der Waals surface area contributed by atoms with Crippen molar-refractivity contribution in [2.45, 2.75) is 32.0 Å². The molecule has 0 fully saturated rings. The molecule has 1 aliphatic rings. The Morgan fingerprint density at radius 2 is 2.04 bits per heavy atom. The van der Waals surface area contributed by atoms with E-state index >= 15 is 0 Å². The standard InChI is InChI=1S/C20H21N3O/c24-20-6-2-5-17-18(20)7-8-19(17)22-12-15-3-1-4-16(11-15)13-23-10-9-21-14-23/h1-6,9-11,14,19,22,24H,7-8,12-13H2/t19-/m0/s1. The minimum Gasteiger partial charge on any atom is -0.508 e. The van der Waals surface area contributed by atoms with Crippen molar-refractivity contribution in [3.8, 4) is 5.75 Å². The molecule has 0 bridgehead atoms. The Hall–Kier alpha value is -2.59. The summed E-state index contributed by atoms with van der Waals surface area (Å²) in [6.07, 6.45) is 7.61. The van der Waals surface area contributed by atoms with Gasteiger partial charge in [0.15, 0.2) is 0 Å². The lowest BCUT2D eigenvalue weighted by atomic mass is 10.1. The maximum absolute atomic E-state index is 9.96. The Balaban J connectivity index is 1.43. The largest absolute Gasteiger partial charge is 0.508 e. The molecule has 0 spiro atoms. The topological polar surface area (TPSA) is 50.1 Å². The predicted octanol–water partition coefficient (Wildman–Crippen LogP) is 3.41. The number of rotatable bonds is 5. The van der Waals surface area contributed by atoms with Gasteiger partial charge in [0.1, 0.15) is 5.75 Å². The Kier molecular flexibility index (Phi) is 4.05. The van der Waals surface area contributed by atoms with Crippen LogP contribution in [-0.2, 0) is 19.5 Å². The Bertz CT molecular complexity index is 827. The Labute approximate surface area is 141 Å². The van der Waals surface area contributed by atoms with Crippen LogP contribution in [0.5, 0.6) is 5.75 Å². The first-order chi connectivity index (χ1) is 11.8. The lowest BCUT2D eigenvalue weighted by Crippen LogP contribution is -2.18. The number of aromatic hydroxyl groups is 1. The summed E-state index contributed by atoms with van der Waals surface area (Å²) in [5.41, 5.74) is 4.89. The maximum atomic E-state index is 9.96. The Morgan fingerprint density at radius 3 is 2.92 bits per heavy atom. The summed E-state index contributed by atoms with van der Waals surface area (Å²) in [5, 5.41) is 13.6. The molecule has 122 valence electrons. The van der Waals surface area contributed by atoms with Crippen LogP contribution in [0.3, 0.4) is 0 Å². The fraction of sp³-hybridized carbons (Fsp3) is 0.250. The summed E-state index contributed by atoms with van der Waals surface area (Å²) in [5.74, 6) is 0.430. The fourth-order valence-electron chi connectivity index (χ4n) is 3.52. The van der Waals surface area contributed by atoms with Gasteiger partial charge in [-0.1, -0.05) is 36.4 Å². The molecule has 2 N–H and O–H groups in total. The molecular weight excluding hydrogens is 298 g/mol. The number of phenols is 1. The summed E-state index contributed by atoms with van der Waals surface area (Å²) >= 11 is 0. The molecule has 0 saturated heterocycles. The first-order valence-corrected chi connectivity index (χ1v) is 8.37. The van der Waals surface area contributed by atoms with Crippen molar-refractivity contribution >= 4 is 0 Å². The van der Waals surface area contributed by atoms with Gasteiger partial charge in [0.25, 0.3) is 0 Å². The van der Waals surface area contributed by atoms with Crippen LogP contribution < -0.4 is 5.32 Å². The van der Waals surface area contributed by atoms with E-state index in [2.05, 4.69) is 45.2 Å². The minimum absolute atomic E-state index is 0.324. The predicted molar refractivity (Wildman–Crippen MR) is 93.8 cm³/mol. The summed E-state index contributed by atoms with van der Waals surface area (Å²) in [6, 6.07) is 14.8. The van der Waals surface area contributed by atoms with Crippen molar-refractivity contribution in [1.82, 2.24) is 14.9 Å². The SMILES string of the molecule is Oc1cccc2c1CC[C@@H]2NCc1cccc(Cn2ccnc2)c1. The van der Waals surface area contributed by atoms with Crippen molar-refractivity contribution in [3.63, 3.8) is 0 Å². The summed E-state index contributed by atoms with van der Waals surface area (Å²) < 4.78 is 2.07. The van der Waals surface area contributed by atoms with E-state index in [4.69, 9.17) is 0 Å². The highest BCUT2D eigenvalue weighted by atomic mass is 16.3. The van der Waals surface area contributed by atoms with Gasteiger partial charge >= 0.3 is 0 Å². The van der Waals surface area contributed by atoms with E-state index in [1.807, 2.05) is 18.6 Å². The molecule has 1 atom stereocenters. The highest BCUT2D eigenvalue weighted by molar-refractivity contribution is 5.44. The fourth-order valence-corrected chi connectivity index (χ4v) is 3.52. The monoisotopic (exact) mass is 319 g/mol. The van der Waals surface area contributed by atoms with Crippen LogP contribution >= 0.6 is 0 Å². The van der Waals surface area contributed by atoms with Crippen molar-refractivity contribution in [1.29, 1.82) is 0 Å². The third kappa shape index (κ3) is 3.05. The van der Waals surface area contributed by atoms with Crippen LogP contribution in [0.2, 0.25) is 0 Å². The second-order valence-corrected chi connectivity index (χ2v) is 6.37. The maximum Gasteiger partial charge on any atom is 0.119 e. The molecule has 4 nitrogen and oxygen atoms in total. The molecule has 1 aromatic heterocycles. The van der Waals surface area contributed by atoms with Crippen LogP contribution in [0.1, 0.15) is 34.7 Å². The van der Waals surface area contributed by atoms with E-state index in [1.165, 1.54) is 16.7 Å². The Morgan fingerprint density at radius 1 is 1.17 bits per heavy atom. The molecule has 0 unspecified atom stereocenters. The van der Waals surface area contributed by atoms with Gasteiger partial charge in [-0.15, -0.1) is 0 Å². The van der Waals surface area contributed by atoms with Gasteiger partial charge in [0, 0.05) is 31.5 Å². The zero-order valence-electron chi connectivity index (χ0n) is 13.5. The second kappa shape index (κ2) is 6.49. The molecular formula is C20H21N3O. The third-order valence-corrected chi connectivity index (χ3v) is 4.71. The van der Waals surface area contributed by atoms with E-state index < -0.39 is 0 Å². The number of aromatic nitrogens is 2. The summed E-state index contributed by atoms with van der Waals surface area (Å²) in [7, 11) is 0. The number of hydrogen-bond acceptors (Lipinski definition) is 3. The van der Waals surface area contributed by atoms with Crippen molar-refractivity contribution in [2.24, 2.45) is 0 Å². The molecule has 0 amide bonds. The number of phenolic OH excluding ortho intramolecular Hbond substituents is 1. The first-order valence-electron chi connectivity index (χ1n) is 8.37. The molecule has 0 saturated carbocycles. The molecule has 1 aliphatic carbocycles. The molecule has 0 radical (unpaired) electrons. The van der Waals surface area contributed by atoms with Crippen LogP contribution in [0, 0.1) is 0 Å². The summed E-state index contributed by atoms with van der Waals surface area (Å²) in [6.45, 7) is 1.67. The molecule has 4 heteroatoms. The van der Waals surface area contributed by atoms with Gasteiger partial charge in [0.2, 0.25) is 0 Å². The third-order valence-electron chi connectivity index (χ3n) is 4.71. The highest BCUT2D eigenvalue weighted by Crippen LogP contribution is 2.36. The number of benzene rings is 2. The van der Waals surface area contributed by atoms with E-state index in [0.717, 1.165) is 31.5 Å². The quantitative estimate of drug-likeness (QED) is 0.757. The zero-order chi connectivity index (χ0) is 16.4. The van der Waals surface area contributed by atoms with E-state index in [9.17, 15) is 5.11 Å². The number of hydrogen-bond donors (Lipinski definition) is 2. The second-order valence-electron chi connectivity index (χ2n) is 6.37. The van der Waals surface area contributed by atoms with Gasteiger partial charge in [-0.05, 0) is 41.2 Å². The van der Waals surface area contributed by atoms with Crippen molar-refractivity contribution < 1.29 is 5.11 Å².